The Bertz CT molecular complexity index is 491. The zero-order valence-corrected chi connectivity index (χ0v) is 10.1. The van der Waals surface area contributed by atoms with E-state index in [1.54, 1.807) is 25.6 Å². The van der Waals surface area contributed by atoms with Crippen LogP contribution in [0.5, 0.6) is 5.88 Å². The molecule has 1 unspecified atom stereocenters. The van der Waals surface area contributed by atoms with Gasteiger partial charge in [0.25, 0.3) is 0 Å². The molecule has 0 aliphatic carbocycles. The normalized spacial score (nSPS) is 12.1. The molecule has 0 aromatic carbocycles. The first kappa shape index (κ1) is 12.4. The van der Waals surface area contributed by atoms with Gasteiger partial charge in [-0.2, -0.15) is 0 Å². The highest BCUT2D eigenvalue weighted by molar-refractivity contribution is 5.20. The summed E-state index contributed by atoms with van der Waals surface area (Å²) < 4.78 is 5.07. The maximum absolute atomic E-state index is 5.58. The predicted octanol–water partition coefficient (Wildman–Crippen LogP) is 0.627. The van der Waals surface area contributed by atoms with Crippen LogP contribution in [0.2, 0.25) is 0 Å². The smallest absolute Gasteiger partial charge is 0.216 e. The molecule has 0 saturated carbocycles. The van der Waals surface area contributed by atoms with E-state index in [9.17, 15) is 0 Å². The van der Waals surface area contributed by atoms with E-state index in [0.29, 0.717) is 5.88 Å². The van der Waals surface area contributed by atoms with Crippen LogP contribution in [0.4, 0.5) is 0 Å². The number of methoxy groups -OCH3 is 1. The molecule has 2 aromatic rings. The van der Waals surface area contributed by atoms with Crippen molar-refractivity contribution in [3.05, 3.63) is 48.2 Å². The Morgan fingerprint density at radius 1 is 1.33 bits per heavy atom. The largest absolute Gasteiger partial charge is 0.481 e. The SMILES string of the molecule is COc1cc(C(Cc2ccncc2)NN)ncn1. The van der Waals surface area contributed by atoms with Gasteiger partial charge in [-0.15, -0.1) is 0 Å². The summed E-state index contributed by atoms with van der Waals surface area (Å²) in [5.74, 6) is 6.10. The van der Waals surface area contributed by atoms with Crippen molar-refractivity contribution in [2.45, 2.75) is 12.5 Å². The fourth-order valence-electron chi connectivity index (χ4n) is 1.66. The summed E-state index contributed by atoms with van der Waals surface area (Å²) in [4.78, 5) is 12.2. The molecule has 0 saturated heterocycles. The number of nitrogens with one attached hydrogen (secondary N) is 1. The van der Waals surface area contributed by atoms with Gasteiger partial charge in [-0.1, -0.05) is 0 Å². The van der Waals surface area contributed by atoms with E-state index in [1.165, 1.54) is 6.33 Å². The summed E-state index contributed by atoms with van der Waals surface area (Å²) in [7, 11) is 1.57. The van der Waals surface area contributed by atoms with E-state index >= 15 is 0 Å². The number of aromatic nitrogens is 3. The van der Waals surface area contributed by atoms with Gasteiger partial charge >= 0.3 is 0 Å². The topological polar surface area (TPSA) is 86.0 Å². The Balaban J connectivity index is 2.17. The van der Waals surface area contributed by atoms with Crippen molar-refractivity contribution >= 4 is 0 Å². The van der Waals surface area contributed by atoms with Crippen LogP contribution in [0.15, 0.2) is 36.9 Å². The molecular formula is C12H15N5O. The Kier molecular flexibility index (Phi) is 4.16. The van der Waals surface area contributed by atoms with E-state index in [2.05, 4.69) is 20.4 Å². The van der Waals surface area contributed by atoms with Crippen molar-refractivity contribution in [1.82, 2.24) is 20.4 Å². The van der Waals surface area contributed by atoms with Crippen molar-refractivity contribution in [3.63, 3.8) is 0 Å². The second-order valence-corrected chi connectivity index (χ2v) is 3.76. The highest BCUT2D eigenvalue weighted by atomic mass is 16.5. The summed E-state index contributed by atoms with van der Waals surface area (Å²) in [5.41, 5.74) is 4.67. The van der Waals surface area contributed by atoms with Crippen LogP contribution in [-0.4, -0.2) is 22.1 Å². The molecule has 94 valence electrons. The Morgan fingerprint density at radius 2 is 2.11 bits per heavy atom. The van der Waals surface area contributed by atoms with Crippen molar-refractivity contribution in [2.75, 3.05) is 7.11 Å². The Labute approximate surface area is 105 Å². The number of hydrazine groups is 1. The molecule has 1 atom stereocenters. The summed E-state index contributed by atoms with van der Waals surface area (Å²) in [6, 6.07) is 5.57. The average molecular weight is 245 g/mol. The third-order valence-electron chi connectivity index (χ3n) is 2.62. The van der Waals surface area contributed by atoms with E-state index < -0.39 is 0 Å². The zero-order chi connectivity index (χ0) is 12.8. The third kappa shape index (κ3) is 2.99. The minimum Gasteiger partial charge on any atom is -0.481 e. The monoisotopic (exact) mass is 245 g/mol. The number of pyridine rings is 1. The molecule has 6 nitrogen and oxygen atoms in total. The lowest BCUT2D eigenvalue weighted by Gasteiger charge is -2.15. The maximum atomic E-state index is 5.58. The summed E-state index contributed by atoms with van der Waals surface area (Å²) in [6.45, 7) is 0. The Hall–Kier alpha value is -2.05. The lowest BCUT2D eigenvalue weighted by atomic mass is 10.0. The van der Waals surface area contributed by atoms with Crippen LogP contribution in [0.25, 0.3) is 0 Å². The number of nitrogens with zero attached hydrogens (tertiary/aromatic N) is 3. The molecule has 2 rings (SSSR count). The van der Waals surface area contributed by atoms with Crippen molar-refractivity contribution in [1.29, 1.82) is 0 Å². The molecule has 3 N–H and O–H groups in total. The molecule has 0 fully saturated rings. The standard InChI is InChI=1S/C12H15N5O/c1-18-12-7-10(15-8-16-12)11(17-13)6-9-2-4-14-5-3-9/h2-5,7-8,11,17H,6,13H2,1H3. The van der Waals surface area contributed by atoms with Gasteiger partial charge < -0.3 is 4.74 Å². The fraction of sp³-hybridized carbons (Fsp3) is 0.250. The zero-order valence-electron chi connectivity index (χ0n) is 10.1. The second-order valence-electron chi connectivity index (χ2n) is 3.76. The van der Waals surface area contributed by atoms with E-state index in [0.717, 1.165) is 17.7 Å². The number of ether oxygens (including phenoxy) is 1. The number of hydrogen-bond donors (Lipinski definition) is 2. The first-order valence-electron chi connectivity index (χ1n) is 5.54. The van der Waals surface area contributed by atoms with Crippen molar-refractivity contribution in [2.24, 2.45) is 5.84 Å². The van der Waals surface area contributed by atoms with E-state index in [1.807, 2.05) is 12.1 Å². The summed E-state index contributed by atoms with van der Waals surface area (Å²) in [6.07, 6.45) is 5.69. The molecule has 0 spiro atoms. The van der Waals surface area contributed by atoms with Gasteiger partial charge in [0, 0.05) is 18.5 Å². The molecule has 0 bridgehead atoms. The number of hydrogen-bond acceptors (Lipinski definition) is 6. The molecule has 18 heavy (non-hydrogen) atoms. The van der Waals surface area contributed by atoms with Gasteiger partial charge in [-0.05, 0) is 24.1 Å². The highest BCUT2D eigenvalue weighted by Gasteiger charge is 2.13. The van der Waals surface area contributed by atoms with Crippen LogP contribution in [0, 0.1) is 0 Å². The fourth-order valence-corrected chi connectivity index (χ4v) is 1.66. The minimum absolute atomic E-state index is 0.0932. The molecule has 0 amide bonds. The van der Waals surface area contributed by atoms with Crippen LogP contribution in [-0.2, 0) is 6.42 Å². The molecule has 0 aliphatic heterocycles. The summed E-state index contributed by atoms with van der Waals surface area (Å²) in [5, 5.41) is 0. The second kappa shape index (κ2) is 6.04. The van der Waals surface area contributed by atoms with Crippen LogP contribution >= 0.6 is 0 Å². The molecule has 0 radical (unpaired) electrons. The first-order valence-corrected chi connectivity index (χ1v) is 5.54. The van der Waals surface area contributed by atoms with Gasteiger partial charge in [0.1, 0.15) is 6.33 Å². The molecule has 2 aromatic heterocycles. The van der Waals surface area contributed by atoms with Crippen LogP contribution < -0.4 is 16.0 Å². The lowest BCUT2D eigenvalue weighted by Crippen LogP contribution is -2.30. The van der Waals surface area contributed by atoms with Gasteiger partial charge in [-0.25, -0.2) is 9.97 Å². The third-order valence-corrected chi connectivity index (χ3v) is 2.62. The average Bonchev–Trinajstić information content (AvgIpc) is 2.46. The van der Waals surface area contributed by atoms with Gasteiger partial charge in [-0.3, -0.25) is 16.3 Å². The van der Waals surface area contributed by atoms with Crippen molar-refractivity contribution in [3.8, 4) is 5.88 Å². The molecule has 2 heterocycles. The van der Waals surface area contributed by atoms with E-state index in [-0.39, 0.29) is 6.04 Å². The maximum Gasteiger partial charge on any atom is 0.216 e. The molecular weight excluding hydrogens is 230 g/mol. The summed E-state index contributed by atoms with van der Waals surface area (Å²) >= 11 is 0. The minimum atomic E-state index is -0.0932. The van der Waals surface area contributed by atoms with E-state index in [4.69, 9.17) is 10.6 Å². The quantitative estimate of drug-likeness (QED) is 0.593. The van der Waals surface area contributed by atoms with Gasteiger partial charge in [0.2, 0.25) is 5.88 Å². The highest BCUT2D eigenvalue weighted by Crippen LogP contribution is 2.17. The van der Waals surface area contributed by atoms with Crippen molar-refractivity contribution < 1.29 is 4.74 Å². The molecule has 6 heteroatoms. The van der Waals surface area contributed by atoms with Crippen LogP contribution in [0.3, 0.4) is 0 Å². The number of rotatable bonds is 5. The first-order chi connectivity index (χ1) is 8.83. The predicted molar refractivity (Wildman–Crippen MR) is 66.6 cm³/mol. The van der Waals surface area contributed by atoms with Gasteiger partial charge in [0.15, 0.2) is 0 Å². The number of nitrogens with two attached hydrogens (primary N) is 1. The molecule has 0 aliphatic rings. The van der Waals surface area contributed by atoms with Gasteiger partial charge in [0.05, 0.1) is 18.8 Å². The lowest BCUT2D eigenvalue weighted by molar-refractivity contribution is 0.393. The Morgan fingerprint density at radius 3 is 2.78 bits per heavy atom. The van der Waals surface area contributed by atoms with Crippen LogP contribution in [0.1, 0.15) is 17.3 Å².